The maximum absolute atomic E-state index is 13.6. The van der Waals surface area contributed by atoms with E-state index in [1.165, 1.54) is 28.0 Å². The van der Waals surface area contributed by atoms with Gasteiger partial charge in [-0.3, -0.25) is 0 Å². The van der Waals surface area contributed by atoms with E-state index >= 15 is 0 Å². The van der Waals surface area contributed by atoms with Crippen LogP contribution in [0.3, 0.4) is 0 Å². The van der Waals surface area contributed by atoms with Crippen LogP contribution in [-0.4, -0.2) is 7.28 Å². The van der Waals surface area contributed by atoms with Gasteiger partial charge in [-0.2, -0.15) is 0 Å². The van der Waals surface area contributed by atoms with Crippen molar-refractivity contribution in [3.8, 4) is 0 Å². The molecule has 0 N–H and O–H groups in total. The molecule has 4 aromatic rings. The summed E-state index contributed by atoms with van der Waals surface area (Å²) in [6.07, 6.45) is 0. The predicted octanol–water partition coefficient (Wildman–Crippen LogP) is 3.83. The van der Waals surface area contributed by atoms with E-state index in [2.05, 4.69) is 83.2 Å². The van der Waals surface area contributed by atoms with Gasteiger partial charge < -0.3 is 0 Å². The van der Waals surface area contributed by atoms with Crippen molar-refractivity contribution in [1.82, 2.24) is 0 Å². The summed E-state index contributed by atoms with van der Waals surface area (Å²) in [5, 5.41) is 4.62. The van der Waals surface area contributed by atoms with Gasteiger partial charge in [-0.15, -0.1) is 9.24 Å². The van der Waals surface area contributed by atoms with Crippen molar-refractivity contribution >= 4 is 51.1 Å². The zero-order chi connectivity index (χ0) is 21.6. The summed E-state index contributed by atoms with van der Waals surface area (Å²) in [7, 11) is 4.30. The van der Waals surface area contributed by atoms with Gasteiger partial charge in [0.1, 0.15) is 0 Å². The van der Waals surface area contributed by atoms with E-state index in [9.17, 15) is 8.78 Å². The molecule has 31 heavy (non-hydrogen) atoms. The van der Waals surface area contributed by atoms with Crippen LogP contribution < -0.4 is 26.7 Å². The van der Waals surface area contributed by atoms with E-state index in [1.54, 1.807) is 0 Å². The number of rotatable bonds is 5. The quantitative estimate of drug-likeness (QED) is 0.325. The van der Waals surface area contributed by atoms with E-state index < -0.39 is 24.9 Å². The van der Waals surface area contributed by atoms with Gasteiger partial charge in [0.25, 0.3) is 0 Å². The van der Waals surface area contributed by atoms with E-state index in [-0.39, 0.29) is 0 Å². The maximum Gasteiger partial charge on any atom is 0.170 e. The Bertz CT molecular complexity index is 1190. The van der Waals surface area contributed by atoms with Gasteiger partial charge >= 0.3 is 0 Å². The molecular formula is C26H20BF2P2. The van der Waals surface area contributed by atoms with Crippen LogP contribution in [0.5, 0.6) is 0 Å². The van der Waals surface area contributed by atoms with Crippen LogP contribution in [0, 0.1) is 11.6 Å². The molecule has 1 radical (unpaired) electrons. The molecule has 0 saturated heterocycles. The van der Waals surface area contributed by atoms with Crippen molar-refractivity contribution in [3.63, 3.8) is 0 Å². The lowest BCUT2D eigenvalue weighted by Crippen LogP contribution is -2.34. The molecule has 0 aliphatic heterocycles. The number of hydrogen-bond acceptors (Lipinski definition) is 0. The molecule has 1 unspecified atom stereocenters. The Labute approximate surface area is 185 Å². The largest absolute Gasteiger partial charge is 0.204 e. The highest BCUT2D eigenvalue weighted by atomic mass is 31.1. The fraction of sp³-hybridized carbons (Fsp3) is 0.0769. The van der Waals surface area contributed by atoms with E-state index in [0.29, 0.717) is 0 Å². The fourth-order valence-corrected chi connectivity index (χ4v) is 7.24. The van der Waals surface area contributed by atoms with Gasteiger partial charge in [-0.1, -0.05) is 91.2 Å². The number of benzene rings is 4. The zero-order valence-electron chi connectivity index (χ0n) is 17.0. The van der Waals surface area contributed by atoms with Gasteiger partial charge in [0, 0.05) is 0 Å². The summed E-state index contributed by atoms with van der Waals surface area (Å²) in [6, 6.07) is 30.3. The second-order valence-corrected chi connectivity index (χ2v) is 10.8. The molecule has 0 amide bonds. The van der Waals surface area contributed by atoms with Crippen molar-refractivity contribution < 1.29 is 8.78 Å². The number of hydrogen-bond donors (Lipinski definition) is 0. The molecular weight excluding hydrogens is 423 g/mol. The predicted molar refractivity (Wildman–Crippen MR) is 133 cm³/mol. The molecule has 0 saturated carbocycles. The van der Waals surface area contributed by atoms with Crippen molar-refractivity contribution in [2.45, 2.75) is 12.2 Å². The summed E-state index contributed by atoms with van der Waals surface area (Å²) >= 11 is 0. The van der Waals surface area contributed by atoms with Gasteiger partial charge in [0.15, 0.2) is 18.9 Å². The summed E-state index contributed by atoms with van der Waals surface area (Å²) < 4.78 is 27.3. The second-order valence-electron chi connectivity index (χ2n) is 7.98. The SMILES string of the molecule is CC1([B]c2ccc(P(c3ccccc3)c3ccccc3)c(P)c2)c2cc(F)c(F)cc21. The molecule has 1 atom stereocenters. The lowest BCUT2D eigenvalue weighted by molar-refractivity contribution is 0.509. The van der Waals surface area contributed by atoms with Crippen LogP contribution in [-0.2, 0) is 5.31 Å². The highest BCUT2D eigenvalue weighted by Crippen LogP contribution is 2.49. The lowest BCUT2D eigenvalue weighted by atomic mass is 9.55. The summed E-state index contributed by atoms with van der Waals surface area (Å²) in [5.41, 5.74) is 2.76. The number of halogens is 2. The topological polar surface area (TPSA) is 0 Å². The zero-order valence-corrected chi connectivity index (χ0v) is 19.1. The van der Waals surface area contributed by atoms with Crippen LogP contribution in [0.15, 0.2) is 91.0 Å². The number of fused-ring (bicyclic) bond motifs is 1. The minimum Gasteiger partial charge on any atom is -0.204 e. The molecule has 0 bridgehead atoms. The van der Waals surface area contributed by atoms with Crippen molar-refractivity contribution in [2.75, 3.05) is 0 Å². The van der Waals surface area contributed by atoms with Gasteiger partial charge in [0.05, 0.1) is 0 Å². The monoisotopic (exact) mass is 443 g/mol. The normalized spacial score (nSPS) is 13.7. The average Bonchev–Trinajstić information content (AvgIpc) is 3.32. The Balaban J connectivity index is 1.49. The van der Waals surface area contributed by atoms with Crippen molar-refractivity contribution in [3.05, 3.63) is 114 Å². The van der Waals surface area contributed by atoms with Crippen LogP contribution >= 0.6 is 17.2 Å². The Hall–Kier alpha value is -2.34. The van der Waals surface area contributed by atoms with Crippen LogP contribution in [0.2, 0.25) is 0 Å². The van der Waals surface area contributed by atoms with E-state index in [0.717, 1.165) is 21.9 Å². The van der Waals surface area contributed by atoms with Crippen LogP contribution in [0.1, 0.15) is 18.1 Å². The van der Waals surface area contributed by atoms with Gasteiger partial charge in [0.2, 0.25) is 0 Å². The summed E-state index contributed by atoms with van der Waals surface area (Å²) in [6.45, 7) is 2.01. The second kappa shape index (κ2) is 7.97. The fourth-order valence-electron chi connectivity index (χ4n) is 4.22. The van der Waals surface area contributed by atoms with E-state index in [4.69, 9.17) is 0 Å². The third-order valence-electron chi connectivity index (χ3n) is 5.89. The maximum atomic E-state index is 13.6. The Morgan fingerprint density at radius 1 is 0.742 bits per heavy atom. The highest BCUT2D eigenvalue weighted by Gasteiger charge is 2.47. The minimum atomic E-state index is -0.783. The van der Waals surface area contributed by atoms with Gasteiger partial charge in [-0.25, -0.2) is 8.78 Å². The van der Waals surface area contributed by atoms with Crippen molar-refractivity contribution in [2.24, 2.45) is 0 Å². The molecule has 0 heterocycles. The van der Waals surface area contributed by atoms with Crippen LogP contribution in [0.4, 0.5) is 8.78 Å². The standard InChI is InChI=1S/C26H20BF2P2/c1-26(20-15-22(28)23(29)16-21(20)26)27-17-12-13-25(24(30)14-17)31(18-8-4-2-5-9-18)19-10-6-3-7-11-19/h2-16H,30H2,1H3. The third-order valence-corrected chi connectivity index (χ3v) is 9.13. The molecule has 1 aliphatic carbocycles. The molecule has 151 valence electrons. The molecule has 5 rings (SSSR count). The summed E-state index contributed by atoms with van der Waals surface area (Å²) in [4.78, 5) is 0. The third kappa shape index (κ3) is 3.75. The first kappa shape index (κ1) is 20.6. The molecule has 0 fully saturated rings. The smallest absolute Gasteiger partial charge is 0.170 e. The Morgan fingerprint density at radius 3 is 1.74 bits per heavy atom. The van der Waals surface area contributed by atoms with Gasteiger partial charge in [-0.05, 0) is 57.7 Å². The molecule has 0 aromatic heterocycles. The van der Waals surface area contributed by atoms with Crippen LogP contribution in [0.25, 0.3) is 0 Å². The first-order valence-corrected chi connectivity index (χ1v) is 12.0. The lowest BCUT2D eigenvalue weighted by Gasteiger charge is -2.22. The summed E-state index contributed by atoms with van der Waals surface area (Å²) in [5.74, 6) is -1.57. The first-order chi connectivity index (χ1) is 15.0. The van der Waals surface area contributed by atoms with Crippen molar-refractivity contribution in [1.29, 1.82) is 0 Å². The Morgan fingerprint density at radius 2 is 1.26 bits per heavy atom. The van der Waals surface area contributed by atoms with E-state index in [1.807, 2.05) is 19.1 Å². The molecule has 5 heteroatoms. The minimum absolute atomic E-state index is 0.409. The molecule has 0 nitrogen and oxygen atoms in total. The average molecular weight is 443 g/mol. The molecule has 4 aromatic carbocycles. The molecule has 0 spiro atoms. The highest BCUT2D eigenvalue weighted by molar-refractivity contribution is 7.80. The first-order valence-electron chi connectivity index (χ1n) is 10.1. The Kier molecular flexibility index (Phi) is 5.29. The molecule has 1 aliphatic rings.